The third-order valence-electron chi connectivity index (χ3n) is 1.73. The Hall–Kier alpha value is -2.10. The van der Waals surface area contributed by atoms with E-state index in [4.69, 9.17) is 6.57 Å². The molecule has 0 amide bonds. The van der Waals surface area contributed by atoms with E-state index in [1.54, 1.807) is 0 Å². The minimum atomic E-state index is -1.78. The first-order chi connectivity index (χ1) is 7.97. The van der Waals surface area contributed by atoms with Crippen LogP contribution in [0.25, 0.3) is 4.85 Å². The van der Waals surface area contributed by atoms with Gasteiger partial charge < -0.3 is 4.74 Å². The summed E-state index contributed by atoms with van der Waals surface area (Å²) >= 11 is 0. The van der Waals surface area contributed by atoms with Crippen molar-refractivity contribution < 1.29 is 27.1 Å². The van der Waals surface area contributed by atoms with Gasteiger partial charge in [0.25, 0.3) is 13.1 Å². The number of rotatable bonds is 3. The van der Waals surface area contributed by atoms with Crippen LogP contribution in [0.5, 0.6) is 5.75 Å². The summed E-state index contributed by atoms with van der Waals surface area (Å²) in [4.78, 5) is 14.0. The number of carbonyl (C=O) groups is 1. The zero-order valence-corrected chi connectivity index (χ0v) is 8.34. The lowest BCUT2D eigenvalue weighted by molar-refractivity contribution is -0.134. The maximum atomic E-state index is 13.0. The molecule has 0 saturated carbocycles. The van der Waals surface area contributed by atoms with Gasteiger partial charge in [-0.1, -0.05) is 4.85 Å². The molecule has 1 rings (SSSR count). The van der Waals surface area contributed by atoms with E-state index in [-0.39, 0.29) is 19.0 Å². The molecule has 0 unspecified atom stereocenters. The fourth-order valence-corrected chi connectivity index (χ4v) is 0.962. The van der Waals surface area contributed by atoms with Crippen molar-refractivity contribution in [1.29, 1.82) is 0 Å². The second-order valence-electron chi connectivity index (χ2n) is 2.93. The van der Waals surface area contributed by atoms with E-state index in [0.29, 0.717) is 0 Å². The van der Waals surface area contributed by atoms with Crippen molar-refractivity contribution >= 4 is 5.97 Å². The smallest absolute Gasteiger partial charge is 0.319 e. The Balaban J connectivity index is 2.99. The minimum absolute atomic E-state index is 0.0111. The first-order valence-electron chi connectivity index (χ1n) is 4.37. The van der Waals surface area contributed by atoms with Gasteiger partial charge in [0.1, 0.15) is 6.42 Å². The molecular weight excluding hydrogens is 242 g/mol. The van der Waals surface area contributed by atoms with Gasteiger partial charge >= 0.3 is 5.97 Å². The van der Waals surface area contributed by atoms with Crippen LogP contribution in [-0.4, -0.2) is 12.5 Å². The zero-order valence-electron chi connectivity index (χ0n) is 8.34. The van der Waals surface area contributed by atoms with Gasteiger partial charge in [-0.25, -0.2) is 8.78 Å². The van der Waals surface area contributed by atoms with Crippen molar-refractivity contribution in [2.24, 2.45) is 0 Å². The molecule has 0 N–H and O–H groups in total. The number of hydrogen-bond donors (Lipinski definition) is 0. The van der Waals surface area contributed by atoms with E-state index in [2.05, 4.69) is 9.58 Å². The van der Waals surface area contributed by atoms with Crippen molar-refractivity contribution in [2.75, 3.05) is 6.54 Å². The summed E-state index contributed by atoms with van der Waals surface area (Å²) in [5.41, 5.74) is 0. The molecule has 0 fully saturated rings. The van der Waals surface area contributed by atoms with Gasteiger partial charge in [0.15, 0.2) is 11.6 Å². The highest BCUT2D eigenvalue weighted by molar-refractivity contribution is 5.72. The van der Waals surface area contributed by atoms with Crippen LogP contribution in [0.4, 0.5) is 17.6 Å². The van der Waals surface area contributed by atoms with Crippen LogP contribution >= 0.6 is 0 Å². The third-order valence-corrected chi connectivity index (χ3v) is 1.73. The molecule has 0 aliphatic carbocycles. The van der Waals surface area contributed by atoms with Gasteiger partial charge in [-0.15, -0.1) is 0 Å². The SMILES string of the molecule is C#[N+]CCC(=O)Oc1c(F)c(F)cc(F)c1F. The van der Waals surface area contributed by atoms with Crippen molar-refractivity contribution in [3.63, 3.8) is 0 Å². The van der Waals surface area contributed by atoms with Crippen LogP contribution in [0.1, 0.15) is 6.42 Å². The maximum absolute atomic E-state index is 13.0. The number of hydrogen-bond acceptors (Lipinski definition) is 2. The van der Waals surface area contributed by atoms with Crippen LogP contribution < -0.4 is 4.74 Å². The number of ether oxygens (including phenoxy) is 1. The number of esters is 1. The van der Waals surface area contributed by atoms with Gasteiger partial charge in [0.05, 0.1) is 0 Å². The molecule has 90 valence electrons. The number of nitrogens with zero attached hydrogens (tertiary/aromatic N) is 1. The van der Waals surface area contributed by atoms with Crippen molar-refractivity contribution in [3.05, 3.63) is 34.2 Å². The second-order valence-corrected chi connectivity index (χ2v) is 2.93. The molecule has 0 aromatic heterocycles. The Bertz CT molecular complexity index is 470. The van der Waals surface area contributed by atoms with Crippen molar-refractivity contribution in [3.8, 4) is 12.3 Å². The van der Waals surface area contributed by atoms with Gasteiger partial charge in [0, 0.05) is 6.07 Å². The van der Waals surface area contributed by atoms with E-state index in [1.807, 2.05) is 0 Å². The number of halogens is 4. The number of benzene rings is 1. The highest BCUT2D eigenvalue weighted by Gasteiger charge is 2.23. The molecule has 0 aliphatic heterocycles. The summed E-state index contributed by atoms with van der Waals surface area (Å²) < 4.78 is 55.6. The zero-order chi connectivity index (χ0) is 13.0. The average Bonchev–Trinajstić information content (AvgIpc) is 2.29. The summed E-state index contributed by atoms with van der Waals surface area (Å²) in [6.45, 7) is 4.59. The fraction of sp³-hybridized carbons (Fsp3) is 0.200. The standard InChI is InChI=1S/C10H6F4NO2/c1-15-3-2-7(16)17-10-8(13)5(11)4-6(12)9(10)14/h1,4H,2-3H2/q+1. The minimum Gasteiger partial charge on any atom is -0.420 e. The van der Waals surface area contributed by atoms with Crippen LogP contribution in [0, 0.1) is 29.8 Å². The van der Waals surface area contributed by atoms with Crippen molar-refractivity contribution in [2.45, 2.75) is 6.42 Å². The lowest BCUT2D eigenvalue weighted by Gasteiger charge is -2.06. The Kier molecular flexibility index (Phi) is 4.04. The third kappa shape index (κ3) is 2.93. The van der Waals surface area contributed by atoms with E-state index >= 15 is 0 Å². The first kappa shape index (κ1) is 13.0. The molecular formula is C10H6F4NO2+. The Morgan fingerprint density at radius 3 is 2.24 bits per heavy atom. The molecule has 7 heteroatoms. The average molecular weight is 248 g/mol. The molecule has 1 aromatic carbocycles. The Morgan fingerprint density at radius 2 is 1.76 bits per heavy atom. The molecule has 0 atom stereocenters. The quantitative estimate of drug-likeness (QED) is 0.356. The van der Waals surface area contributed by atoms with E-state index < -0.39 is 35.0 Å². The van der Waals surface area contributed by atoms with Gasteiger partial charge in [-0.3, -0.25) is 4.79 Å². The van der Waals surface area contributed by atoms with Crippen LogP contribution in [-0.2, 0) is 4.79 Å². The predicted octanol–water partition coefficient (Wildman–Crippen LogP) is 2.50. The number of carbonyl (C=O) groups excluding carboxylic acids is 1. The van der Waals surface area contributed by atoms with Crippen LogP contribution in [0.2, 0.25) is 0 Å². The Labute approximate surface area is 93.4 Å². The summed E-state index contributed by atoms with van der Waals surface area (Å²) in [6.07, 6.45) is -0.368. The fourth-order valence-electron chi connectivity index (χ4n) is 0.962. The van der Waals surface area contributed by atoms with Crippen LogP contribution in [0.3, 0.4) is 0 Å². The van der Waals surface area contributed by atoms with Gasteiger partial charge in [-0.05, 0) is 0 Å². The molecule has 0 aliphatic rings. The molecule has 1 aromatic rings. The van der Waals surface area contributed by atoms with Crippen LogP contribution in [0.15, 0.2) is 6.07 Å². The van der Waals surface area contributed by atoms with Gasteiger partial charge in [-0.2, -0.15) is 8.78 Å². The molecule has 0 heterocycles. The summed E-state index contributed by atoms with van der Waals surface area (Å²) in [7, 11) is 0. The molecule has 3 nitrogen and oxygen atoms in total. The topological polar surface area (TPSA) is 30.7 Å². The highest BCUT2D eigenvalue weighted by atomic mass is 19.2. The van der Waals surface area contributed by atoms with E-state index in [9.17, 15) is 22.4 Å². The first-order valence-corrected chi connectivity index (χ1v) is 4.37. The molecule has 0 bridgehead atoms. The molecule has 0 spiro atoms. The molecule has 0 saturated heterocycles. The Morgan fingerprint density at radius 1 is 1.24 bits per heavy atom. The predicted molar refractivity (Wildman–Crippen MR) is 49.7 cm³/mol. The highest BCUT2D eigenvalue weighted by Crippen LogP contribution is 2.26. The normalized spacial score (nSPS) is 9.82. The van der Waals surface area contributed by atoms with Gasteiger partial charge in [0.2, 0.25) is 17.4 Å². The maximum Gasteiger partial charge on any atom is 0.319 e. The summed E-state index contributed by atoms with van der Waals surface area (Å²) in [5.74, 6) is -9.39. The van der Waals surface area contributed by atoms with Crippen molar-refractivity contribution in [1.82, 2.24) is 0 Å². The van der Waals surface area contributed by atoms with E-state index in [0.717, 1.165) is 0 Å². The summed E-state index contributed by atoms with van der Waals surface area (Å²) in [6, 6.07) is 0.0111. The molecule has 0 radical (unpaired) electrons. The lowest BCUT2D eigenvalue weighted by Crippen LogP contribution is -2.12. The monoisotopic (exact) mass is 248 g/mol. The lowest BCUT2D eigenvalue weighted by atomic mass is 10.3. The summed E-state index contributed by atoms with van der Waals surface area (Å²) in [5, 5.41) is 0. The largest absolute Gasteiger partial charge is 0.420 e. The second kappa shape index (κ2) is 5.30. The molecule has 17 heavy (non-hydrogen) atoms. The van der Waals surface area contributed by atoms with E-state index in [1.165, 1.54) is 0 Å².